The minimum Gasteiger partial charge on any atom is -0.332 e. The van der Waals surface area contributed by atoms with E-state index in [0.29, 0.717) is 5.92 Å². The molecular formula is C19H30N3O2+. The van der Waals surface area contributed by atoms with Crippen LogP contribution in [0.3, 0.4) is 0 Å². The number of nitrogens with one attached hydrogen (secondary N) is 2. The molecule has 24 heavy (non-hydrogen) atoms. The highest BCUT2D eigenvalue weighted by Crippen LogP contribution is 2.26. The van der Waals surface area contributed by atoms with Crippen LogP contribution in [0.15, 0.2) is 24.3 Å². The largest absolute Gasteiger partial charge is 0.332 e. The first-order valence-electron chi connectivity index (χ1n) is 8.93. The number of anilines is 1. The molecule has 1 saturated heterocycles. The lowest BCUT2D eigenvalue weighted by Gasteiger charge is -2.34. The molecule has 2 rings (SSSR count). The van der Waals surface area contributed by atoms with Gasteiger partial charge in [0.15, 0.2) is 6.04 Å². The second-order valence-electron chi connectivity index (χ2n) is 6.77. The van der Waals surface area contributed by atoms with Crippen LogP contribution in [-0.2, 0) is 9.59 Å². The first-order valence-corrected chi connectivity index (χ1v) is 8.93. The van der Waals surface area contributed by atoms with Crippen molar-refractivity contribution in [2.75, 3.05) is 31.5 Å². The lowest BCUT2D eigenvalue weighted by atomic mass is 9.97. The summed E-state index contributed by atoms with van der Waals surface area (Å²) >= 11 is 0. The van der Waals surface area contributed by atoms with Crippen molar-refractivity contribution in [3.63, 3.8) is 0 Å². The van der Waals surface area contributed by atoms with Gasteiger partial charge in [-0.25, -0.2) is 0 Å². The van der Waals surface area contributed by atoms with Gasteiger partial charge in [0, 0.05) is 12.6 Å². The number of amides is 2. The number of piperazine rings is 1. The summed E-state index contributed by atoms with van der Waals surface area (Å²) in [4.78, 5) is 27.2. The van der Waals surface area contributed by atoms with E-state index < -0.39 is 0 Å². The van der Waals surface area contributed by atoms with Crippen LogP contribution in [0.4, 0.5) is 5.69 Å². The number of benzene rings is 1. The molecule has 2 atom stereocenters. The van der Waals surface area contributed by atoms with Crippen molar-refractivity contribution >= 4 is 17.5 Å². The lowest BCUT2D eigenvalue weighted by molar-refractivity contribution is -0.917. The number of para-hydroxylation sites is 1. The predicted molar refractivity (Wildman–Crippen MR) is 96.2 cm³/mol. The molecule has 1 fully saturated rings. The smallest absolute Gasteiger partial charge is 0.282 e. The fraction of sp³-hybridized carbons (Fsp3) is 0.579. The fourth-order valence-corrected chi connectivity index (χ4v) is 3.23. The SMILES string of the molecule is CC[C@H](C)c1ccccc1NC(=O)[C@H](C)[NH+]1CCN(C(C)=O)CC1. The molecule has 5 heteroatoms. The van der Waals surface area contributed by atoms with Crippen LogP contribution in [-0.4, -0.2) is 48.9 Å². The van der Waals surface area contributed by atoms with Crippen LogP contribution in [0.25, 0.3) is 0 Å². The van der Waals surface area contributed by atoms with Crippen LogP contribution < -0.4 is 10.2 Å². The normalized spacial score (nSPS) is 18.1. The van der Waals surface area contributed by atoms with E-state index in [1.54, 1.807) is 6.92 Å². The van der Waals surface area contributed by atoms with E-state index in [0.717, 1.165) is 38.3 Å². The molecule has 132 valence electrons. The Morgan fingerprint density at radius 3 is 2.42 bits per heavy atom. The van der Waals surface area contributed by atoms with E-state index in [2.05, 4.69) is 25.2 Å². The highest BCUT2D eigenvalue weighted by molar-refractivity contribution is 5.94. The molecule has 0 aliphatic carbocycles. The van der Waals surface area contributed by atoms with Gasteiger partial charge in [0.25, 0.3) is 5.91 Å². The second kappa shape index (κ2) is 8.29. The quantitative estimate of drug-likeness (QED) is 0.853. The van der Waals surface area contributed by atoms with Crippen molar-refractivity contribution in [2.24, 2.45) is 0 Å². The summed E-state index contributed by atoms with van der Waals surface area (Å²) in [6, 6.07) is 7.93. The molecule has 2 amide bonds. The van der Waals surface area contributed by atoms with Crippen molar-refractivity contribution in [1.82, 2.24) is 4.90 Å². The molecule has 0 aromatic heterocycles. The third-order valence-electron chi connectivity index (χ3n) is 5.22. The van der Waals surface area contributed by atoms with E-state index in [9.17, 15) is 9.59 Å². The van der Waals surface area contributed by atoms with Crippen LogP contribution >= 0.6 is 0 Å². The summed E-state index contributed by atoms with van der Waals surface area (Å²) in [5, 5.41) is 3.12. The van der Waals surface area contributed by atoms with Gasteiger partial charge in [0.1, 0.15) is 0 Å². The average molecular weight is 332 g/mol. The molecule has 1 aliphatic heterocycles. The summed E-state index contributed by atoms with van der Waals surface area (Å²) < 4.78 is 0. The molecule has 0 bridgehead atoms. The molecule has 0 unspecified atom stereocenters. The van der Waals surface area contributed by atoms with Crippen LogP contribution in [0.5, 0.6) is 0 Å². The summed E-state index contributed by atoms with van der Waals surface area (Å²) in [6.07, 6.45) is 1.04. The molecule has 5 nitrogen and oxygen atoms in total. The van der Waals surface area contributed by atoms with Gasteiger partial charge in [-0.2, -0.15) is 0 Å². The predicted octanol–water partition coefficient (Wildman–Crippen LogP) is 1.27. The molecular weight excluding hydrogens is 302 g/mol. The summed E-state index contributed by atoms with van der Waals surface area (Å²) in [7, 11) is 0. The van der Waals surface area contributed by atoms with Gasteiger partial charge in [-0.15, -0.1) is 0 Å². The van der Waals surface area contributed by atoms with Crippen molar-refractivity contribution in [3.8, 4) is 0 Å². The molecule has 0 radical (unpaired) electrons. The molecule has 0 saturated carbocycles. The number of carbonyl (C=O) groups excluding carboxylic acids is 2. The number of rotatable bonds is 5. The Hall–Kier alpha value is -1.88. The van der Waals surface area contributed by atoms with Crippen LogP contribution in [0.1, 0.15) is 45.6 Å². The van der Waals surface area contributed by atoms with Crippen LogP contribution in [0.2, 0.25) is 0 Å². The maximum Gasteiger partial charge on any atom is 0.282 e. The highest BCUT2D eigenvalue weighted by Gasteiger charge is 2.30. The Morgan fingerprint density at radius 2 is 1.83 bits per heavy atom. The number of carbonyl (C=O) groups is 2. The van der Waals surface area contributed by atoms with Gasteiger partial charge in [-0.05, 0) is 30.9 Å². The Kier molecular flexibility index (Phi) is 6.37. The zero-order chi connectivity index (χ0) is 17.7. The summed E-state index contributed by atoms with van der Waals surface area (Å²) in [5.74, 6) is 0.592. The van der Waals surface area contributed by atoms with Crippen molar-refractivity contribution in [3.05, 3.63) is 29.8 Å². The van der Waals surface area contributed by atoms with Gasteiger partial charge >= 0.3 is 0 Å². The number of hydrogen-bond acceptors (Lipinski definition) is 2. The Bertz CT molecular complexity index is 580. The molecule has 2 N–H and O–H groups in total. The molecule has 1 aromatic rings. The monoisotopic (exact) mass is 332 g/mol. The van der Waals surface area contributed by atoms with Crippen LogP contribution in [0, 0.1) is 0 Å². The maximum atomic E-state index is 12.7. The highest BCUT2D eigenvalue weighted by atomic mass is 16.2. The van der Waals surface area contributed by atoms with Gasteiger partial charge in [0.2, 0.25) is 5.91 Å². The van der Waals surface area contributed by atoms with Crippen molar-refractivity contribution < 1.29 is 14.5 Å². The maximum absolute atomic E-state index is 12.7. The van der Waals surface area contributed by atoms with Gasteiger partial charge in [-0.1, -0.05) is 32.0 Å². The van der Waals surface area contributed by atoms with E-state index in [1.165, 1.54) is 10.5 Å². The lowest BCUT2D eigenvalue weighted by Crippen LogP contribution is -3.19. The van der Waals surface area contributed by atoms with Crippen molar-refractivity contribution in [2.45, 2.75) is 46.1 Å². The van der Waals surface area contributed by atoms with E-state index >= 15 is 0 Å². The average Bonchev–Trinajstić information content (AvgIpc) is 2.60. The molecule has 1 aromatic carbocycles. The van der Waals surface area contributed by atoms with E-state index in [-0.39, 0.29) is 17.9 Å². The minimum absolute atomic E-state index is 0.0528. The van der Waals surface area contributed by atoms with Gasteiger partial charge in [0.05, 0.1) is 26.2 Å². The van der Waals surface area contributed by atoms with Crippen molar-refractivity contribution in [1.29, 1.82) is 0 Å². The molecule has 1 heterocycles. The first-order chi connectivity index (χ1) is 11.4. The Labute approximate surface area is 145 Å². The minimum atomic E-state index is -0.121. The van der Waals surface area contributed by atoms with Gasteiger partial charge in [-0.3, -0.25) is 9.59 Å². The Morgan fingerprint density at radius 1 is 1.21 bits per heavy atom. The Balaban J connectivity index is 1.99. The van der Waals surface area contributed by atoms with E-state index in [4.69, 9.17) is 0 Å². The zero-order valence-corrected chi connectivity index (χ0v) is 15.3. The standard InChI is InChI=1S/C19H29N3O2/c1-5-14(2)17-8-6-7-9-18(17)20-19(24)15(3)21-10-12-22(13-11-21)16(4)23/h6-9,14-15H,5,10-13H2,1-4H3,(H,20,24)/p+1/t14-,15-/m0/s1. The third-order valence-corrected chi connectivity index (χ3v) is 5.22. The summed E-state index contributed by atoms with van der Waals surface area (Å²) in [5.41, 5.74) is 2.11. The fourth-order valence-electron chi connectivity index (χ4n) is 3.23. The number of hydrogen-bond donors (Lipinski definition) is 2. The molecule has 1 aliphatic rings. The van der Waals surface area contributed by atoms with Gasteiger partial charge < -0.3 is 15.1 Å². The first kappa shape index (κ1) is 18.5. The number of quaternary nitrogens is 1. The zero-order valence-electron chi connectivity index (χ0n) is 15.3. The third kappa shape index (κ3) is 4.35. The number of nitrogens with zero attached hydrogens (tertiary/aromatic N) is 1. The second-order valence-corrected chi connectivity index (χ2v) is 6.77. The van der Waals surface area contributed by atoms with E-state index in [1.807, 2.05) is 30.0 Å². The molecule has 0 spiro atoms. The summed E-state index contributed by atoms with van der Waals surface area (Å²) in [6.45, 7) is 11.0. The topological polar surface area (TPSA) is 53.9 Å².